The van der Waals surface area contributed by atoms with E-state index in [2.05, 4.69) is 5.32 Å². The van der Waals surface area contributed by atoms with Crippen LogP contribution in [0.1, 0.15) is 33.6 Å². The van der Waals surface area contributed by atoms with E-state index in [0.29, 0.717) is 13.1 Å². The second-order valence-corrected chi connectivity index (χ2v) is 5.20. The Balaban J connectivity index is 2.42. The van der Waals surface area contributed by atoms with E-state index >= 15 is 0 Å². The number of carboxylic acids is 1. The summed E-state index contributed by atoms with van der Waals surface area (Å²) in [6.45, 7) is 5.98. The van der Waals surface area contributed by atoms with E-state index in [0.717, 1.165) is 12.8 Å². The van der Waals surface area contributed by atoms with Gasteiger partial charge < -0.3 is 15.3 Å². The first kappa shape index (κ1) is 15.5. The highest BCUT2D eigenvalue weighted by Gasteiger charge is 2.28. The zero-order chi connectivity index (χ0) is 14.6. The molecule has 6 nitrogen and oxygen atoms in total. The quantitative estimate of drug-likeness (QED) is 0.777. The van der Waals surface area contributed by atoms with Gasteiger partial charge in [-0.3, -0.25) is 14.4 Å². The van der Waals surface area contributed by atoms with Crippen LogP contribution in [0.15, 0.2) is 0 Å². The summed E-state index contributed by atoms with van der Waals surface area (Å²) in [5.41, 5.74) is 0. The lowest BCUT2D eigenvalue weighted by Gasteiger charge is -2.32. The number of hydrogen-bond donors (Lipinski definition) is 2. The van der Waals surface area contributed by atoms with Crippen LogP contribution in [0, 0.1) is 11.8 Å². The molecule has 1 rings (SSSR count). The van der Waals surface area contributed by atoms with Crippen LogP contribution in [0.3, 0.4) is 0 Å². The van der Waals surface area contributed by atoms with Crippen molar-refractivity contribution in [3.63, 3.8) is 0 Å². The molecule has 0 bridgehead atoms. The van der Waals surface area contributed by atoms with Crippen molar-refractivity contribution in [2.45, 2.75) is 39.7 Å². The molecule has 108 valence electrons. The van der Waals surface area contributed by atoms with Gasteiger partial charge in [0, 0.05) is 32.0 Å². The third kappa shape index (κ3) is 4.22. The van der Waals surface area contributed by atoms with Crippen molar-refractivity contribution in [2.75, 3.05) is 13.1 Å². The Morgan fingerprint density at radius 3 is 2.11 bits per heavy atom. The maximum absolute atomic E-state index is 11.9. The number of likely N-dealkylation sites (tertiary alicyclic amines) is 1. The van der Waals surface area contributed by atoms with E-state index in [1.54, 1.807) is 11.8 Å². The number of nitrogens with zero attached hydrogens (tertiary/aromatic N) is 1. The molecule has 0 aromatic carbocycles. The van der Waals surface area contributed by atoms with Gasteiger partial charge in [-0.1, -0.05) is 13.8 Å². The lowest BCUT2D eigenvalue weighted by atomic mass is 9.94. The van der Waals surface area contributed by atoms with Crippen molar-refractivity contribution < 1.29 is 19.5 Å². The molecule has 6 heteroatoms. The van der Waals surface area contributed by atoms with E-state index in [-0.39, 0.29) is 17.9 Å². The van der Waals surface area contributed by atoms with Crippen LogP contribution in [-0.2, 0) is 14.4 Å². The fourth-order valence-electron chi connectivity index (χ4n) is 2.11. The highest BCUT2D eigenvalue weighted by atomic mass is 16.4. The molecule has 1 aliphatic heterocycles. The van der Waals surface area contributed by atoms with Crippen LogP contribution in [0.5, 0.6) is 0 Å². The molecule has 19 heavy (non-hydrogen) atoms. The van der Waals surface area contributed by atoms with Gasteiger partial charge in [-0.05, 0) is 12.8 Å². The second kappa shape index (κ2) is 6.54. The van der Waals surface area contributed by atoms with Crippen LogP contribution in [-0.4, -0.2) is 46.9 Å². The molecule has 1 fully saturated rings. The predicted octanol–water partition coefficient (Wildman–Crippen LogP) is 0.470. The molecular weight excluding hydrogens is 248 g/mol. The molecule has 0 radical (unpaired) electrons. The lowest BCUT2D eigenvalue weighted by Crippen LogP contribution is -2.48. The summed E-state index contributed by atoms with van der Waals surface area (Å²) in [5.74, 6) is -2.39. The van der Waals surface area contributed by atoms with E-state index in [9.17, 15) is 14.4 Å². The van der Waals surface area contributed by atoms with Crippen molar-refractivity contribution in [3.8, 4) is 0 Å². The van der Waals surface area contributed by atoms with Crippen LogP contribution in [0.4, 0.5) is 0 Å². The predicted molar refractivity (Wildman–Crippen MR) is 69.4 cm³/mol. The molecule has 1 saturated heterocycles. The molecule has 1 aliphatic rings. The zero-order valence-corrected chi connectivity index (χ0v) is 11.7. The third-order valence-corrected chi connectivity index (χ3v) is 3.84. The van der Waals surface area contributed by atoms with Gasteiger partial charge in [0.1, 0.15) is 0 Å². The molecule has 2 unspecified atom stereocenters. The van der Waals surface area contributed by atoms with Crippen molar-refractivity contribution in [3.05, 3.63) is 0 Å². The first-order valence-corrected chi connectivity index (χ1v) is 6.61. The van der Waals surface area contributed by atoms with Gasteiger partial charge in [0.15, 0.2) is 0 Å². The number of hydrogen-bond acceptors (Lipinski definition) is 3. The summed E-state index contributed by atoms with van der Waals surface area (Å²) in [7, 11) is 0. The number of amides is 2. The molecule has 2 N–H and O–H groups in total. The first-order chi connectivity index (χ1) is 8.82. The summed E-state index contributed by atoms with van der Waals surface area (Å²) in [5, 5.41) is 11.8. The minimum atomic E-state index is -0.964. The topological polar surface area (TPSA) is 86.7 Å². The number of nitrogens with one attached hydrogen (secondary N) is 1. The fraction of sp³-hybridized carbons (Fsp3) is 0.769. The van der Waals surface area contributed by atoms with Crippen molar-refractivity contribution in [1.29, 1.82) is 0 Å². The maximum atomic E-state index is 11.9. The van der Waals surface area contributed by atoms with E-state index < -0.39 is 17.8 Å². The largest absolute Gasteiger partial charge is 0.481 e. The Morgan fingerprint density at radius 1 is 1.16 bits per heavy atom. The summed E-state index contributed by atoms with van der Waals surface area (Å²) in [6.07, 6.45) is 1.44. The molecule has 0 aromatic rings. The number of aliphatic carboxylic acids is 1. The molecule has 2 amide bonds. The molecule has 0 aliphatic carbocycles. The van der Waals surface area contributed by atoms with Crippen molar-refractivity contribution >= 4 is 17.8 Å². The number of rotatable bonds is 4. The minimum Gasteiger partial charge on any atom is -0.481 e. The summed E-state index contributed by atoms with van der Waals surface area (Å²) < 4.78 is 0. The van der Waals surface area contributed by atoms with Gasteiger partial charge in [-0.15, -0.1) is 0 Å². The molecule has 0 spiro atoms. The van der Waals surface area contributed by atoms with Gasteiger partial charge >= 0.3 is 5.97 Å². The number of carboxylic acid groups (broad SMARTS) is 1. The van der Waals surface area contributed by atoms with E-state index in [1.165, 1.54) is 13.8 Å². The SMILES string of the molecule is CC(=O)N1CCC(NC(=O)C(C)C(C)C(=O)O)CC1. The number of carbonyl (C=O) groups is 3. The summed E-state index contributed by atoms with van der Waals surface area (Å²) in [6, 6.07) is 0.0338. The number of piperidine rings is 1. The Hall–Kier alpha value is -1.59. The Morgan fingerprint density at radius 2 is 1.68 bits per heavy atom. The Bertz CT molecular complexity index is 362. The van der Waals surface area contributed by atoms with Crippen LogP contribution in [0.25, 0.3) is 0 Å². The van der Waals surface area contributed by atoms with E-state index in [1.807, 2.05) is 0 Å². The maximum Gasteiger partial charge on any atom is 0.307 e. The Labute approximate surface area is 113 Å². The zero-order valence-electron chi connectivity index (χ0n) is 11.7. The van der Waals surface area contributed by atoms with Crippen molar-refractivity contribution in [2.24, 2.45) is 11.8 Å². The Kier molecular flexibility index (Phi) is 5.32. The van der Waals surface area contributed by atoms with Crippen LogP contribution < -0.4 is 5.32 Å². The first-order valence-electron chi connectivity index (χ1n) is 6.61. The molecule has 0 aromatic heterocycles. The van der Waals surface area contributed by atoms with Gasteiger partial charge in [0.25, 0.3) is 0 Å². The minimum absolute atomic E-state index is 0.0338. The summed E-state index contributed by atoms with van der Waals surface area (Å²) >= 11 is 0. The van der Waals surface area contributed by atoms with Gasteiger partial charge in [0.2, 0.25) is 11.8 Å². The second-order valence-electron chi connectivity index (χ2n) is 5.20. The van der Waals surface area contributed by atoms with Gasteiger partial charge in [-0.2, -0.15) is 0 Å². The third-order valence-electron chi connectivity index (χ3n) is 3.84. The van der Waals surface area contributed by atoms with Crippen LogP contribution >= 0.6 is 0 Å². The standard InChI is InChI=1S/C13H22N2O4/c1-8(9(2)13(18)19)12(17)14-11-4-6-15(7-5-11)10(3)16/h8-9,11H,4-7H2,1-3H3,(H,14,17)(H,18,19). The van der Waals surface area contributed by atoms with Crippen molar-refractivity contribution in [1.82, 2.24) is 10.2 Å². The monoisotopic (exact) mass is 270 g/mol. The summed E-state index contributed by atoms with van der Waals surface area (Å²) in [4.78, 5) is 35.7. The molecule has 2 atom stereocenters. The molecule has 1 heterocycles. The normalized spacial score (nSPS) is 19.6. The molecular formula is C13H22N2O4. The number of carbonyl (C=O) groups excluding carboxylic acids is 2. The van der Waals surface area contributed by atoms with Crippen LogP contribution in [0.2, 0.25) is 0 Å². The van der Waals surface area contributed by atoms with Gasteiger partial charge in [-0.25, -0.2) is 0 Å². The van der Waals surface area contributed by atoms with Gasteiger partial charge in [0.05, 0.1) is 5.92 Å². The highest BCUT2D eigenvalue weighted by Crippen LogP contribution is 2.14. The van der Waals surface area contributed by atoms with E-state index in [4.69, 9.17) is 5.11 Å². The molecule has 0 saturated carbocycles. The smallest absolute Gasteiger partial charge is 0.307 e. The average molecular weight is 270 g/mol. The highest BCUT2D eigenvalue weighted by molar-refractivity contribution is 5.84. The lowest BCUT2D eigenvalue weighted by molar-refractivity contribution is -0.146. The fourth-order valence-corrected chi connectivity index (χ4v) is 2.11. The average Bonchev–Trinajstić information content (AvgIpc) is 2.37.